The number of hydrogen-bond acceptors (Lipinski definition) is 3. The Kier molecular flexibility index (Phi) is 1.51. The first-order valence-electron chi connectivity index (χ1n) is 3.71. The molecule has 0 saturated heterocycles. The molecule has 2 rings (SSSR count). The molecule has 0 unspecified atom stereocenters. The summed E-state index contributed by atoms with van der Waals surface area (Å²) in [7, 11) is 0. The van der Waals surface area contributed by atoms with Crippen LogP contribution in [0, 0.1) is 0 Å². The van der Waals surface area contributed by atoms with E-state index in [1.807, 2.05) is 12.1 Å². The van der Waals surface area contributed by atoms with E-state index in [0.717, 1.165) is 12.0 Å². The van der Waals surface area contributed by atoms with Gasteiger partial charge in [-0.15, -0.1) is 0 Å². The van der Waals surface area contributed by atoms with E-state index in [-0.39, 0.29) is 6.04 Å². The van der Waals surface area contributed by atoms with Gasteiger partial charge in [-0.05, 0) is 6.07 Å². The quantitative estimate of drug-likeness (QED) is 0.596. The third kappa shape index (κ3) is 1.07. The molecule has 0 aromatic carbocycles. The summed E-state index contributed by atoms with van der Waals surface area (Å²) in [4.78, 5) is 4.07. The fourth-order valence-electron chi connectivity index (χ4n) is 1.24. The summed E-state index contributed by atoms with van der Waals surface area (Å²) in [6.45, 7) is 0.686. The summed E-state index contributed by atoms with van der Waals surface area (Å²) in [6.07, 6.45) is 2.61. The normalized spacial score (nSPS) is 22.1. The number of pyridine rings is 1. The summed E-state index contributed by atoms with van der Waals surface area (Å²) >= 11 is 0. The summed E-state index contributed by atoms with van der Waals surface area (Å²) in [5.74, 6) is 0.700. The summed E-state index contributed by atoms with van der Waals surface area (Å²) in [6, 6.07) is 3.95. The number of ether oxygens (including phenoxy) is 1. The predicted octanol–water partition coefficient (Wildman–Crippen LogP) is 0.864. The molecule has 1 aromatic heterocycles. The molecule has 0 aliphatic carbocycles. The van der Waals surface area contributed by atoms with Crippen LogP contribution in [0.4, 0.5) is 0 Å². The zero-order valence-corrected chi connectivity index (χ0v) is 6.16. The van der Waals surface area contributed by atoms with Gasteiger partial charge in [-0.1, -0.05) is 6.07 Å². The van der Waals surface area contributed by atoms with Crippen molar-refractivity contribution in [2.75, 3.05) is 6.61 Å². The third-order valence-electron chi connectivity index (χ3n) is 1.87. The number of nitrogens with zero attached hydrogens (tertiary/aromatic N) is 1. The Morgan fingerprint density at radius 2 is 2.55 bits per heavy atom. The Bertz CT molecular complexity index is 262. The fraction of sp³-hybridized carbons (Fsp3) is 0.375. The molecule has 0 saturated carbocycles. The Balaban J connectivity index is 2.44. The molecule has 1 aliphatic heterocycles. The van der Waals surface area contributed by atoms with Gasteiger partial charge < -0.3 is 10.5 Å². The van der Waals surface area contributed by atoms with Crippen LogP contribution < -0.4 is 10.5 Å². The van der Waals surface area contributed by atoms with Crippen LogP contribution >= 0.6 is 0 Å². The first-order valence-corrected chi connectivity index (χ1v) is 3.71. The average molecular weight is 150 g/mol. The molecule has 0 fully saturated rings. The Morgan fingerprint density at radius 1 is 1.64 bits per heavy atom. The van der Waals surface area contributed by atoms with Gasteiger partial charge in [0.1, 0.15) is 0 Å². The standard InChI is InChI=1S/C8H10N2O/c9-7-3-5-11-8-6(7)2-1-4-10-8/h1-2,4,7H,3,5,9H2/t7-/m1/s1. The molecule has 2 heterocycles. The molecular formula is C8H10N2O. The van der Waals surface area contributed by atoms with Crippen molar-refractivity contribution in [3.8, 4) is 5.88 Å². The number of hydrogen-bond donors (Lipinski definition) is 1. The van der Waals surface area contributed by atoms with E-state index in [4.69, 9.17) is 10.5 Å². The van der Waals surface area contributed by atoms with Crippen molar-refractivity contribution in [3.63, 3.8) is 0 Å². The van der Waals surface area contributed by atoms with E-state index in [0.29, 0.717) is 12.5 Å². The Hall–Kier alpha value is -1.09. The van der Waals surface area contributed by atoms with Crippen molar-refractivity contribution >= 4 is 0 Å². The van der Waals surface area contributed by atoms with Crippen molar-refractivity contribution in [2.24, 2.45) is 5.73 Å². The lowest BCUT2D eigenvalue weighted by Crippen LogP contribution is -2.20. The molecule has 0 bridgehead atoms. The zero-order chi connectivity index (χ0) is 7.68. The van der Waals surface area contributed by atoms with Crippen LogP contribution in [0.1, 0.15) is 18.0 Å². The Labute approximate surface area is 65.2 Å². The van der Waals surface area contributed by atoms with E-state index in [2.05, 4.69) is 4.98 Å². The van der Waals surface area contributed by atoms with Crippen LogP contribution in [0.15, 0.2) is 18.3 Å². The molecule has 1 aromatic rings. The number of fused-ring (bicyclic) bond motifs is 1. The van der Waals surface area contributed by atoms with Crippen LogP contribution in [0.2, 0.25) is 0 Å². The first kappa shape index (κ1) is 6.61. The van der Waals surface area contributed by atoms with Crippen molar-refractivity contribution in [1.29, 1.82) is 0 Å². The highest BCUT2D eigenvalue weighted by molar-refractivity contribution is 5.30. The summed E-state index contributed by atoms with van der Waals surface area (Å²) in [5.41, 5.74) is 6.85. The minimum Gasteiger partial charge on any atom is -0.477 e. The Morgan fingerprint density at radius 3 is 3.36 bits per heavy atom. The molecule has 11 heavy (non-hydrogen) atoms. The van der Waals surface area contributed by atoms with Crippen LogP contribution in [-0.4, -0.2) is 11.6 Å². The third-order valence-corrected chi connectivity index (χ3v) is 1.87. The van der Waals surface area contributed by atoms with E-state index < -0.39 is 0 Å². The predicted molar refractivity (Wildman–Crippen MR) is 41.3 cm³/mol. The highest BCUT2D eigenvalue weighted by Crippen LogP contribution is 2.27. The van der Waals surface area contributed by atoms with Gasteiger partial charge in [0, 0.05) is 24.2 Å². The SMILES string of the molecule is N[C@@H]1CCOc2ncccc21. The van der Waals surface area contributed by atoms with Crippen LogP contribution in [0.5, 0.6) is 5.88 Å². The molecule has 0 spiro atoms. The maximum Gasteiger partial charge on any atom is 0.218 e. The molecular weight excluding hydrogens is 140 g/mol. The van der Waals surface area contributed by atoms with Gasteiger partial charge in [-0.3, -0.25) is 0 Å². The van der Waals surface area contributed by atoms with Gasteiger partial charge >= 0.3 is 0 Å². The van der Waals surface area contributed by atoms with E-state index in [1.54, 1.807) is 6.20 Å². The molecule has 1 aliphatic rings. The minimum absolute atomic E-state index is 0.104. The summed E-state index contributed by atoms with van der Waals surface area (Å²) in [5, 5.41) is 0. The van der Waals surface area contributed by atoms with Crippen molar-refractivity contribution < 1.29 is 4.74 Å². The lowest BCUT2D eigenvalue weighted by Gasteiger charge is -2.20. The second kappa shape index (κ2) is 2.51. The number of rotatable bonds is 0. The first-order chi connectivity index (χ1) is 5.38. The number of nitrogens with two attached hydrogens (primary N) is 1. The van der Waals surface area contributed by atoms with Crippen molar-refractivity contribution in [1.82, 2.24) is 4.98 Å². The van der Waals surface area contributed by atoms with Gasteiger partial charge in [0.15, 0.2) is 0 Å². The zero-order valence-electron chi connectivity index (χ0n) is 6.16. The second-order valence-corrected chi connectivity index (χ2v) is 2.64. The van der Waals surface area contributed by atoms with Gasteiger partial charge in [0.05, 0.1) is 6.61 Å². The topological polar surface area (TPSA) is 48.1 Å². The van der Waals surface area contributed by atoms with Gasteiger partial charge in [0.2, 0.25) is 5.88 Å². The van der Waals surface area contributed by atoms with Gasteiger partial charge in [-0.2, -0.15) is 0 Å². The molecule has 3 nitrogen and oxygen atoms in total. The van der Waals surface area contributed by atoms with E-state index >= 15 is 0 Å². The van der Waals surface area contributed by atoms with Crippen LogP contribution in [0.25, 0.3) is 0 Å². The van der Waals surface area contributed by atoms with Crippen LogP contribution in [0.3, 0.4) is 0 Å². The average Bonchev–Trinajstić information content (AvgIpc) is 2.06. The maximum absolute atomic E-state index is 5.83. The highest BCUT2D eigenvalue weighted by Gasteiger charge is 2.17. The molecule has 58 valence electrons. The fourth-order valence-corrected chi connectivity index (χ4v) is 1.24. The highest BCUT2D eigenvalue weighted by atomic mass is 16.5. The molecule has 0 radical (unpaired) electrons. The minimum atomic E-state index is 0.104. The molecule has 0 amide bonds. The molecule has 3 heteroatoms. The largest absolute Gasteiger partial charge is 0.477 e. The molecule has 2 N–H and O–H groups in total. The van der Waals surface area contributed by atoms with Gasteiger partial charge in [-0.25, -0.2) is 4.98 Å². The lowest BCUT2D eigenvalue weighted by atomic mass is 10.1. The van der Waals surface area contributed by atoms with E-state index in [1.165, 1.54) is 0 Å². The maximum atomic E-state index is 5.83. The summed E-state index contributed by atoms with van der Waals surface area (Å²) < 4.78 is 5.30. The van der Waals surface area contributed by atoms with Crippen molar-refractivity contribution in [3.05, 3.63) is 23.9 Å². The van der Waals surface area contributed by atoms with Crippen LogP contribution in [-0.2, 0) is 0 Å². The van der Waals surface area contributed by atoms with Crippen molar-refractivity contribution in [2.45, 2.75) is 12.5 Å². The van der Waals surface area contributed by atoms with Gasteiger partial charge in [0.25, 0.3) is 0 Å². The smallest absolute Gasteiger partial charge is 0.218 e. The van der Waals surface area contributed by atoms with E-state index in [9.17, 15) is 0 Å². The molecule has 1 atom stereocenters. The monoisotopic (exact) mass is 150 g/mol. The number of aromatic nitrogens is 1. The lowest BCUT2D eigenvalue weighted by molar-refractivity contribution is 0.257. The second-order valence-electron chi connectivity index (χ2n) is 2.64.